The number of nitrogens with two attached hydrogens (primary N) is 1. The molecule has 0 spiro atoms. The second kappa shape index (κ2) is 7.95. The zero-order valence-electron chi connectivity index (χ0n) is 15.2. The first-order chi connectivity index (χ1) is 12.5. The van der Waals surface area contributed by atoms with Crippen molar-refractivity contribution < 1.29 is 4.79 Å². The van der Waals surface area contributed by atoms with Gasteiger partial charge in [-0.15, -0.1) is 5.10 Å². The molecule has 1 aliphatic rings. The molecule has 1 fully saturated rings. The summed E-state index contributed by atoms with van der Waals surface area (Å²) in [5, 5.41) is 9.25. The molecule has 138 valence electrons. The summed E-state index contributed by atoms with van der Waals surface area (Å²) in [6, 6.07) is 3.65. The van der Waals surface area contributed by atoms with Crippen LogP contribution in [0, 0.1) is 0 Å². The molecule has 0 unspecified atom stereocenters. The number of pyridine rings is 1. The van der Waals surface area contributed by atoms with Gasteiger partial charge in [-0.1, -0.05) is 25.3 Å². The van der Waals surface area contributed by atoms with E-state index in [0.717, 1.165) is 24.0 Å². The van der Waals surface area contributed by atoms with Crippen LogP contribution < -0.4 is 11.1 Å². The Morgan fingerprint density at radius 1 is 1.31 bits per heavy atom. The van der Waals surface area contributed by atoms with Crippen LogP contribution in [0.4, 0.5) is 5.82 Å². The Morgan fingerprint density at radius 3 is 2.73 bits per heavy atom. The number of nitrogen functional groups attached to an aromatic ring is 1. The van der Waals surface area contributed by atoms with E-state index in [4.69, 9.17) is 5.73 Å². The van der Waals surface area contributed by atoms with Crippen molar-refractivity contribution in [2.75, 3.05) is 5.73 Å². The van der Waals surface area contributed by atoms with E-state index in [9.17, 15) is 4.79 Å². The second-order valence-corrected chi connectivity index (χ2v) is 7.10. The molecule has 3 N–H and O–H groups in total. The first kappa shape index (κ1) is 18.5. The summed E-state index contributed by atoms with van der Waals surface area (Å²) < 4.78 is 1.56. The monoisotopic (exact) mass is 371 g/mol. The summed E-state index contributed by atoms with van der Waals surface area (Å²) in [6.07, 6.45) is 7.57. The average Bonchev–Trinajstić information content (AvgIpc) is 3.07. The molecular weight excluding hydrogens is 346 g/mol. The maximum atomic E-state index is 12.6. The number of hydrogen-bond donors (Lipinski definition) is 3. The summed E-state index contributed by atoms with van der Waals surface area (Å²) in [5.74, 6) is 0.882. The van der Waals surface area contributed by atoms with E-state index in [1.165, 1.54) is 19.3 Å². The highest BCUT2D eigenvalue weighted by atomic mass is 32.1. The number of carbonyl (C=O) groups is 1. The number of carbonyl (C=O) groups excluding carboxylic acids is 1. The predicted molar refractivity (Wildman–Crippen MR) is 108 cm³/mol. The highest BCUT2D eigenvalue weighted by Crippen LogP contribution is 2.21. The average molecular weight is 372 g/mol. The van der Waals surface area contributed by atoms with Gasteiger partial charge in [0.05, 0.1) is 0 Å². The van der Waals surface area contributed by atoms with E-state index in [-0.39, 0.29) is 11.9 Å². The lowest BCUT2D eigenvalue weighted by Gasteiger charge is -2.22. The first-order valence-corrected chi connectivity index (χ1v) is 9.47. The summed E-state index contributed by atoms with van der Waals surface area (Å²) >= 11 is 4.10. The first-order valence-electron chi connectivity index (χ1n) is 8.95. The van der Waals surface area contributed by atoms with Gasteiger partial charge in [-0.25, -0.2) is 4.98 Å². The van der Waals surface area contributed by atoms with Crippen molar-refractivity contribution >= 4 is 35.6 Å². The Labute approximate surface area is 159 Å². The van der Waals surface area contributed by atoms with Crippen LogP contribution in [0.15, 0.2) is 29.2 Å². The fourth-order valence-corrected chi connectivity index (χ4v) is 3.45. The van der Waals surface area contributed by atoms with Gasteiger partial charge in [0.1, 0.15) is 5.82 Å². The number of fused-ring (bicyclic) bond motifs is 1. The number of allylic oxidation sites excluding steroid dienone is 3. The number of rotatable bonds is 4. The van der Waals surface area contributed by atoms with E-state index >= 15 is 0 Å². The van der Waals surface area contributed by atoms with Gasteiger partial charge in [0, 0.05) is 11.6 Å². The fourth-order valence-electron chi connectivity index (χ4n) is 3.23. The van der Waals surface area contributed by atoms with E-state index < -0.39 is 0 Å². The maximum absolute atomic E-state index is 12.6. The third-order valence-corrected chi connectivity index (χ3v) is 5.07. The van der Waals surface area contributed by atoms with Gasteiger partial charge in [0.15, 0.2) is 11.5 Å². The number of anilines is 1. The Bertz CT molecular complexity index is 877. The Balaban J connectivity index is 1.89. The van der Waals surface area contributed by atoms with Crippen LogP contribution in [-0.2, 0) is 0 Å². The fraction of sp³-hybridized carbons (Fsp3) is 0.421. The van der Waals surface area contributed by atoms with E-state index in [1.807, 2.05) is 19.9 Å². The highest BCUT2D eigenvalue weighted by molar-refractivity contribution is 7.83. The SMILES string of the molecule is CC(/C=C\S)=C(/C)c1nc2cc(C(=O)NC3CCCCC3)cc(N)n2n1. The van der Waals surface area contributed by atoms with E-state index in [0.29, 0.717) is 22.9 Å². The molecule has 1 saturated carbocycles. The summed E-state index contributed by atoms with van der Waals surface area (Å²) in [7, 11) is 0. The molecule has 2 aromatic heterocycles. The smallest absolute Gasteiger partial charge is 0.251 e. The molecule has 3 rings (SSSR count). The lowest BCUT2D eigenvalue weighted by molar-refractivity contribution is 0.0927. The minimum Gasteiger partial charge on any atom is -0.384 e. The summed E-state index contributed by atoms with van der Waals surface area (Å²) in [6.45, 7) is 3.92. The quantitative estimate of drug-likeness (QED) is 0.566. The Kier molecular flexibility index (Phi) is 5.66. The zero-order chi connectivity index (χ0) is 18.7. The normalized spacial score (nSPS) is 16.9. The third-order valence-electron chi connectivity index (χ3n) is 4.92. The molecule has 0 radical (unpaired) electrons. The number of hydrogen-bond acceptors (Lipinski definition) is 5. The summed E-state index contributed by atoms with van der Waals surface area (Å²) in [5.41, 5.74) is 9.16. The van der Waals surface area contributed by atoms with Crippen LogP contribution in [0.5, 0.6) is 0 Å². The van der Waals surface area contributed by atoms with Crippen LogP contribution in [0.3, 0.4) is 0 Å². The molecule has 1 aliphatic carbocycles. The van der Waals surface area contributed by atoms with Crippen LogP contribution in [0.25, 0.3) is 11.2 Å². The number of nitrogens with one attached hydrogen (secondary N) is 1. The van der Waals surface area contributed by atoms with E-state index in [1.54, 1.807) is 22.1 Å². The lowest BCUT2D eigenvalue weighted by Crippen LogP contribution is -2.36. The van der Waals surface area contributed by atoms with Crippen LogP contribution in [0.1, 0.15) is 62.1 Å². The van der Waals surface area contributed by atoms with Gasteiger partial charge in [-0.2, -0.15) is 17.1 Å². The molecule has 0 saturated heterocycles. The van der Waals surface area contributed by atoms with Crippen molar-refractivity contribution in [3.05, 3.63) is 40.6 Å². The second-order valence-electron chi connectivity index (χ2n) is 6.81. The van der Waals surface area contributed by atoms with Crippen molar-refractivity contribution in [1.82, 2.24) is 19.9 Å². The summed E-state index contributed by atoms with van der Waals surface area (Å²) in [4.78, 5) is 17.1. The largest absolute Gasteiger partial charge is 0.384 e. The predicted octanol–water partition coefficient (Wildman–Crippen LogP) is 3.61. The molecule has 0 atom stereocenters. The number of thiol groups is 1. The molecule has 6 nitrogen and oxygen atoms in total. The minimum absolute atomic E-state index is 0.0999. The van der Waals surface area contributed by atoms with Crippen molar-refractivity contribution in [1.29, 1.82) is 0 Å². The molecule has 26 heavy (non-hydrogen) atoms. The molecule has 0 aliphatic heterocycles. The topological polar surface area (TPSA) is 85.3 Å². The Morgan fingerprint density at radius 2 is 2.04 bits per heavy atom. The molecule has 2 aromatic rings. The third kappa shape index (κ3) is 3.93. The van der Waals surface area contributed by atoms with Gasteiger partial charge < -0.3 is 11.1 Å². The lowest BCUT2D eigenvalue weighted by atomic mass is 9.95. The molecule has 2 heterocycles. The van der Waals surface area contributed by atoms with Crippen LogP contribution in [-0.4, -0.2) is 26.5 Å². The molecular formula is C19H25N5OS. The van der Waals surface area contributed by atoms with Crippen molar-refractivity contribution in [3.63, 3.8) is 0 Å². The molecule has 1 amide bonds. The van der Waals surface area contributed by atoms with Crippen LogP contribution in [0.2, 0.25) is 0 Å². The van der Waals surface area contributed by atoms with Crippen LogP contribution >= 0.6 is 12.6 Å². The van der Waals surface area contributed by atoms with E-state index in [2.05, 4.69) is 28.0 Å². The van der Waals surface area contributed by atoms with Gasteiger partial charge in [-0.05, 0) is 55.4 Å². The number of aromatic nitrogens is 3. The molecule has 7 heteroatoms. The zero-order valence-corrected chi connectivity index (χ0v) is 16.1. The van der Waals surface area contributed by atoms with Gasteiger partial charge in [-0.3, -0.25) is 4.79 Å². The van der Waals surface area contributed by atoms with Gasteiger partial charge >= 0.3 is 0 Å². The maximum Gasteiger partial charge on any atom is 0.251 e. The molecule has 0 bridgehead atoms. The van der Waals surface area contributed by atoms with Gasteiger partial charge in [0.25, 0.3) is 5.91 Å². The van der Waals surface area contributed by atoms with Gasteiger partial charge in [0.2, 0.25) is 0 Å². The van der Waals surface area contributed by atoms with Crippen molar-refractivity contribution in [2.24, 2.45) is 0 Å². The van der Waals surface area contributed by atoms with Crippen molar-refractivity contribution in [2.45, 2.75) is 52.0 Å². The number of nitrogens with zero attached hydrogens (tertiary/aromatic N) is 3. The highest BCUT2D eigenvalue weighted by Gasteiger charge is 2.18. The number of amides is 1. The minimum atomic E-state index is -0.0999. The standard InChI is InChI=1S/C19H25N5OS/c1-12(8-9-26)13(2)18-22-17-11-14(10-16(20)24(17)23-18)19(25)21-15-6-4-3-5-7-15/h8-11,15,26H,3-7,20H2,1-2H3,(H,21,25)/b9-8-,13-12+. The van der Waals surface area contributed by atoms with Crippen molar-refractivity contribution in [3.8, 4) is 0 Å². The molecule has 0 aromatic carbocycles. The Hall–Kier alpha value is -2.28.